The summed E-state index contributed by atoms with van der Waals surface area (Å²) in [7, 11) is -2.19. The molecule has 0 aliphatic carbocycles. The van der Waals surface area contributed by atoms with Crippen LogP contribution in [0.5, 0.6) is 0 Å². The number of hydrogen-bond donors (Lipinski definition) is 1. The van der Waals surface area contributed by atoms with Crippen LogP contribution in [0.1, 0.15) is 19.9 Å². The van der Waals surface area contributed by atoms with E-state index in [1.54, 1.807) is 17.9 Å². The molecule has 0 aliphatic rings. The summed E-state index contributed by atoms with van der Waals surface area (Å²) in [5, 5.41) is 3.91. The second-order valence-electron chi connectivity index (χ2n) is 4.36. The maximum Gasteiger partial charge on any atom is 0.282 e. The Hall–Kier alpha value is -1.54. The topological polar surface area (TPSA) is 81.8 Å². The molecule has 19 heavy (non-hydrogen) atoms. The van der Waals surface area contributed by atoms with Gasteiger partial charge in [-0.3, -0.25) is 9.40 Å². The van der Waals surface area contributed by atoms with Crippen molar-refractivity contribution in [2.24, 2.45) is 7.05 Å². The maximum atomic E-state index is 12.1. The maximum absolute atomic E-state index is 12.1. The molecule has 2 aromatic heterocycles. The first kappa shape index (κ1) is 13.9. The number of halogens is 1. The third kappa shape index (κ3) is 2.74. The van der Waals surface area contributed by atoms with Gasteiger partial charge in [0.25, 0.3) is 10.0 Å². The van der Waals surface area contributed by atoms with E-state index in [1.807, 2.05) is 13.8 Å². The summed E-state index contributed by atoms with van der Waals surface area (Å²) in [6.45, 7) is 3.89. The standard InChI is InChI=1S/C10H14ClN5O2S/c1-7(2)16-5-8(4-13-16)14-19(17,18)10-9(11)15(3)6-12-10/h4-7,14H,1-3H3. The van der Waals surface area contributed by atoms with E-state index in [9.17, 15) is 8.42 Å². The molecular formula is C10H14ClN5O2S. The van der Waals surface area contributed by atoms with E-state index in [2.05, 4.69) is 14.8 Å². The van der Waals surface area contributed by atoms with Crippen LogP contribution in [0.4, 0.5) is 5.69 Å². The summed E-state index contributed by atoms with van der Waals surface area (Å²) in [4.78, 5) is 3.78. The lowest BCUT2D eigenvalue weighted by molar-refractivity contribution is 0.532. The molecule has 0 unspecified atom stereocenters. The van der Waals surface area contributed by atoms with Crippen molar-refractivity contribution in [2.75, 3.05) is 4.72 Å². The average Bonchev–Trinajstić information content (AvgIpc) is 2.87. The summed E-state index contributed by atoms with van der Waals surface area (Å²) >= 11 is 5.88. The van der Waals surface area contributed by atoms with Gasteiger partial charge in [-0.25, -0.2) is 4.98 Å². The van der Waals surface area contributed by atoms with Crippen LogP contribution in [0.3, 0.4) is 0 Å². The lowest BCUT2D eigenvalue weighted by atomic mass is 10.4. The van der Waals surface area contributed by atoms with Gasteiger partial charge >= 0.3 is 0 Å². The minimum Gasteiger partial charge on any atom is -0.324 e. The molecule has 104 valence electrons. The van der Waals surface area contributed by atoms with E-state index in [0.717, 1.165) is 0 Å². The highest BCUT2D eigenvalue weighted by molar-refractivity contribution is 7.92. The van der Waals surface area contributed by atoms with Crippen LogP contribution in [-0.4, -0.2) is 27.7 Å². The predicted molar refractivity (Wildman–Crippen MR) is 71.6 cm³/mol. The predicted octanol–water partition coefficient (Wildman–Crippen LogP) is 1.65. The van der Waals surface area contributed by atoms with Gasteiger partial charge in [-0.2, -0.15) is 13.5 Å². The Labute approximate surface area is 116 Å². The van der Waals surface area contributed by atoms with E-state index >= 15 is 0 Å². The highest BCUT2D eigenvalue weighted by atomic mass is 35.5. The Balaban J connectivity index is 2.28. The zero-order chi connectivity index (χ0) is 14.2. The fourth-order valence-electron chi connectivity index (χ4n) is 1.45. The minimum atomic E-state index is -3.80. The summed E-state index contributed by atoms with van der Waals surface area (Å²) in [6, 6.07) is 0.150. The van der Waals surface area contributed by atoms with Crippen LogP contribution < -0.4 is 4.72 Å². The van der Waals surface area contributed by atoms with Gasteiger partial charge < -0.3 is 4.57 Å². The molecule has 2 heterocycles. The molecule has 0 radical (unpaired) electrons. The van der Waals surface area contributed by atoms with E-state index in [-0.39, 0.29) is 16.2 Å². The normalized spacial score (nSPS) is 12.1. The number of aromatic nitrogens is 4. The van der Waals surface area contributed by atoms with Gasteiger partial charge in [0.05, 0.1) is 18.2 Å². The molecular weight excluding hydrogens is 290 g/mol. The van der Waals surface area contributed by atoms with E-state index < -0.39 is 10.0 Å². The van der Waals surface area contributed by atoms with Crippen molar-refractivity contribution in [2.45, 2.75) is 24.9 Å². The van der Waals surface area contributed by atoms with Gasteiger partial charge in [-0.15, -0.1) is 0 Å². The second kappa shape index (κ2) is 4.86. The molecule has 0 saturated heterocycles. The molecule has 2 aromatic rings. The Morgan fingerprint density at radius 2 is 2.11 bits per heavy atom. The molecule has 0 saturated carbocycles. The number of imidazole rings is 1. The number of anilines is 1. The van der Waals surface area contributed by atoms with Gasteiger partial charge in [-0.05, 0) is 13.8 Å². The van der Waals surface area contributed by atoms with Crippen molar-refractivity contribution in [1.82, 2.24) is 19.3 Å². The Kier molecular flexibility index (Phi) is 3.55. The number of sulfonamides is 1. The summed E-state index contributed by atoms with van der Waals surface area (Å²) in [5.41, 5.74) is 0.371. The zero-order valence-electron chi connectivity index (χ0n) is 10.7. The fraction of sp³-hybridized carbons (Fsp3) is 0.400. The molecule has 0 atom stereocenters. The molecule has 0 spiro atoms. The summed E-state index contributed by atoms with van der Waals surface area (Å²) in [6.07, 6.45) is 4.39. The Morgan fingerprint density at radius 1 is 1.42 bits per heavy atom. The molecule has 7 nitrogen and oxygen atoms in total. The van der Waals surface area contributed by atoms with Crippen molar-refractivity contribution in [1.29, 1.82) is 0 Å². The van der Waals surface area contributed by atoms with Gasteiger partial charge in [0, 0.05) is 19.3 Å². The lowest BCUT2D eigenvalue weighted by Gasteiger charge is -2.05. The summed E-state index contributed by atoms with van der Waals surface area (Å²) < 4.78 is 29.7. The molecule has 0 aliphatic heterocycles. The first-order valence-corrected chi connectivity index (χ1v) is 7.41. The number of nitrogens with zero attached hydrogens (tertiary/aromatic N) is 4. The lowest BCUT2D eigenvalue weighted by Crippen LogP contribution is -2.13. The average molecular weight is 304 g/mol. The number of aryl methyl sites for hydroxylation is 1. The third-order valence-electron chi connectivity index (χ3n) is 2.47. The summed E-state index contributed by atoms with van der Waals surface area (Å²) in [5.74, 6) is 0. The van der Waals surface area contributed by atoms with Gasteiger partial charge in [0.2, 0.25) is 5.03 Å². The largest absolute Gasteiger partial charge is 0.324 e. The van der Waals surface area contributed by atoms with Crippen molar-refractivity contribution < 1.29 is 8.42 Å². The first-order chi connectivity index (χ1) is 8.81. The van der Waals surface area contributed by atoms with Crippen LogP contribution in [0.15, 0.2) is 23.7 Å². The van der Waals surface area contributed by atoms with Crippen LogP contribution in [0.25, 0.3) is 0 Å². The molecule has 0 amide bonds. The van der Waals surface area contributed by atoms with E-state index in [1.165, 1.54) is 17.1 Å². The molecule has 0 fully saturated rings. The van der Waals surface area contributed by atoms with Crippen molar-refractivity contribution >= 4 is 27.3 Å². The first-order valence-electron chi connectivity index (χ1n) is 5.55. The second-order valence-corrected chi connectivity index (χ2v) is 6.32. The van der Waals surface area contributed by atoms with Crippen LogP contribution in [0.2, 0.25) is 5.15 Å². The SMILES string of the molecule is CC(C)n1cc(NS(=O)(=O)c2ncn(C)c2Cl)cn1. The van der Waals surface area contributed by atoms with Crippen molar-refractivity contribution in [3.63, 3.8) is 0 Å². The van der Waals surface area contributed by atoms with Crippen LogP contribution in [-0.2, 0) is 17.1 Å². The molecule has 0 bridgehead atoms. The Bertz CT molecular complexity index is 689. The molecule has 2 rings (SSSR count). The van der Waals surface area contributed by atoms with Crippen LogP contribution >= 0.6 is 11.6 Å². The van der Waals surface area contributed by atoms with Gasteiger partial charge in [0.15, 0.2) is 0 Å². The van der Waals surface area contributed by atoms with Crippen molar-refractivity contribution in [3.05, 3.63) is 23.9 Å². The fourth-order valence-corrected chi connectivity index (χ4v) is 2.91. The number of nitrogens with one attached hydrogen (secondary N) is 1. The molecule has 0 aromatic carbocycles. The molecule has 9 heteroatoms. The van der Waals surface area contributed by atoms with Gasteiger partial charge in [-0.1, -0.05) is 11.6 Å². The molecule has 1 N–H and O–H groups in total. The smallest absolute Gasteiger partial charge is 0.282 e. The minimum absolute atomic E-state index is 0.0590. The third-order valence-corrected chi connectivity index (χ3v) is 4.34. The quantitative estimate of drug-likeness (QED) is 0.931. The highest BCUT2D eigenvalue weighted by Crippen LogP contribution is 2.21. The van der Waals surface area contributed by atoms with E-state index in [0.29, 0.717) is 5.69 Å². The van der Waals surface area contributed by atoms with Crippen molar-refractivity contribution in [3.8, 4) is 0 Å². The number of rotatable bonds is 4. The number of hydrogen-bond acceptors (Lipinski definition) is 4. The van der Waals surface area contributed by atoms with Gasteiger partial charge in [0.1, 0.15) is 5.15 Å². The van der Waals surface area contributed by atoms with Crippen LogP contribution in [0, 0.1) is 0 Å². The monoisotopic (exact) mass is 303 g/mol. The zero-order valence-corrected chi connectivity index (χ0v) is 12.3. The Morgan fingerprint density at radius 3 is 2.58 bits per heavy atom. The van der Waals surface area contributed by atoms with E-state index in [4.69, 9.17) is 11.6 Å². The highest BCUT2D eigenvalue weighted by Gasteiger charge is 2.23.